The van der Waals surface area contributed by atoms with Crippen LogP contribution in [0.3, 0.4) is 0 Å². The predicted molar refractivity (Wildman–Crippen MR) is 106 cm³/mol. The number of carbonyl (C=O) groups is 4. The quantitative estimate of drug-likeness (QED) is 0.625. The molecule has 3 N–H and O–H groups in total. The van der Waals surface area contributed by atoms with Crippen LogP contribution in [-0.4, -0.2) is 42.8 Å². The van der Waals surface area contributed by atoms with Gasteiger partial charge in [-0.2, -0.15) is 0 Å². The summed E-state index contributed by atoms with van der Waals surface area (Å²) in [6.07, 6.45) is 3.23. The summed E-state index contributed by atoms with van der Waals surface area (Å²) in [6.45, 7) is 3.27. The number of amides is 4. The first-order valence-electron chi connectivity index (χ1n) is 9.75. The van der Waals surface area contributed by atoms with Gasteiger partial charge in [0.05, 0.1) is 12.2 Å². The Labute approximate surface area is 169 Å². The molecule has 1 atom stereocenters. The molecular formula is C20H27N3O6. The van der Waals surface area contributed by atoms with Gasteiger partial charge in [0, 0.05) is 11.7 Å². The number of carbonyl (C=O) groups excluding carboxylic acids is 4. The van der Waals surface area contributed by atoms with Crippen LogP contribution in [0.2, 0.25) is 0 Å². The third-order valence-electron chi connectivity index (χ3n) is 4.45. The Kier molecular flexibility index (Phi) is 8.45. The van der Waals surface area contributed by atoms with E-state index in [1.165, 1.54) is 19.1 Å². The van der Waals surface area contributed by atoms with Crippen molar-refractivity contribution in [3.05, 3.63) is 29.8 Å². The fourth-order valence-electron chi connectivity index (χ4n) is 2.97. The number of esters is 1. The van der Waals surface area contributed by atoms with Gasteiger partial charge in [-0.1, -0.05) is 25.3 Å². The lowest BCUT2D eigenvalue weighted by molar-refractivity contribution is -0.127. The maximum Gasteiger partial charge on any atom is 0.411 e. The second kappa shape index (κ2) is 11.0. The lowest BCUT2D eigenvalue weighted by atomic mass is 9.96. The average Bonchev–Trinajstić information content (AvgIpc) is 2.68. The Morgan fingerprint density at radius 2 is 1.86 bits per heavy atom. The van der Waals surface area contributed by atoms with Crippen molar-refractivity contribution in [2.75, 3.05) is 11.9 Å². The smallest absolute Gasteiger partial charge is 0.411 e. The van der Waals surface area contributed by atoms with Gasteiger partial charge in [-0.25, -0.2) is 14.4 Å². The number of nitrogens with one attached hydrogen (secondary N) is 3. The van der Waals surface area contributed by atoms with Crippen LogP contribution in [0.4, 0.5) is 15.3 Å². The molecule has 1 aliphatic rings. The molecule has 0 bridgehead atoms. The summed E-state index contributed by atoms with van der Waals surface area (Å²) >= 11 is 0. The standard InChI is InChI=1S/C20H27N3O6/c1-3-28-20(27)22-16-11-7-8-14(12-16)18(25)29-13(2)17(24)23-19(26)21-15-9-5-4-6-10-15/h7-8,11-13,15H,3-6,9-10H2,1-2H3,(H,22,27)(H2,21,23,24,26). The molecule has 4 amide bonds. The van der Waals surface area contributed by atoms with Crippen LogP contribution < -0.4 is 16.0 Å². The van der Waals surface area contributed by atoms with Crippen LogP contribution in [0.5, 0.6) is 0 Å². The van der Waals surface area contributed by atoms with Gasteiger partial charge in [-0.15, -0.1) is 0 Å². The van der Waals surface area contributed by atoms with E-state index in [2.05, 4.69) is 16.0 Å². The van der Waals surface area contributed by atoms with Gasteiger partial charge in [-0.05, 0) is 44.9 Å². The van der Waals surface area contributed by atoms with Crippen LogP contribution in [0.25, 0.3) is 0 Å². The van der Waals surface area contributed by atoms with Crippen molar-refractivity contribution < 1.29 is 28.7 Å². The van der Waals surface area contributed by atoms with Crippen molar-refractivity contribution >= 4 is 29.7 Å². The molecule has 0 heterocycles. The fourth-order valence-corrected chi connectivity index (χ4v) is 2.97. The van der Waals surface area contributed by atoms with Gasteiger partial charge >= 0.3 is 18.1 Å². The first-order valence-corrected chi connectivity index (χ1v) is 9.75. The topological polar surface area (TPSA) is 123 Å². The van der Waals surface area contributed by atoms with E-state index in [4.69, 9.17) is 9.47 Å². The van der Waals surface area contributed by atoms with E-state index in [-0.39, 0.29) is 18.2 Å². The number of imide groups is 1. The van der Waals surface area contributed by atoms with Crippen molar-refractivity contribution in [2.45, 2.75) is 58.1 Å². The van der Waals surface area contributed by atoms with Gasteiger partial charge in [0.1, 0.15) is 0 Å². The minimum absolute atomic E-state index is 0.0593. The molecule has 0 aromatic heterocycles. The number of urea groups is 1. The summed E-state index contributed by atoms with van der Waals surface area (Å²) in [5, 5.41) is 7.44. The molecule has 1 aromatic carbocycles. The Bertz CT molecular complexity index is 745. The average molecular weight is 405 g/mol. The second-order valence-electron chi connectivity index (χ2n) is 6.77. The molecule has 0 spiro atoms. The molecule has 1 aliphatic carbocycles. The Balaban J connectivity index is 1.84. The minimum atomic E-state index is -1.17. The summed E-state index contributed by atoms with van der Waals surface area (Å²) in [7, 11) is 0. The van der Waals surface area contributed by atoms with Crippen molar-refractivity contribution in [3.8, 4) is 0 Å². The van der Waals surface area contributed by atoms with Crippen LogP contribution in [0, 0.1) is 0 Å². The van der Waals surface area contributed by atoms with Crippen molar-refractivity contribution in [1.29, 1.82) is 0 Å². The van der Waals surface area contributed by atoms with E-state index in [0.717, 1.165) is 32.1 Å². The summed E-state index contributed by atoms with van der Waals surface area (Å²) < 4.78 is 9.90. The van der Waals surface area contributed by atoms with Gasteiger partial charge in [0.15, 0.2) is 6.10 Å². The largest absolute Gasteiger partial charge is 0.450 e. The molecule has 0 radical (unpaired) electrons. The molecule has 1 unspecified atom stereocenters. The number of hydrogen-bond donors (Lipinski definition) is 3. The molecule has 9 heteroatoms. The molecule has 0 saturated heterocycles. The van der Waals surface area contributed by atoms with E-state index >= 15 is 0 Å². The van der Waals surface area contributed by atoms with Crippen molar-refractivity contribution in [3.63, 3.8) is 0 Å². The number of benzene rings is 1. The zero-order chi connectivity index (χ0) is 21.2. The molecular weight excluding hydrogens is 378 g/mol. The highest BCUT2D eigenvalue weighted by molar-refractivity contribution is 5.99. The lowest BCUT2D eigenvalue weighted by Gasteiger charge is -2.23. The van der Waals surface area contributed by atoms with Crippen molar-refractivity contribution in [2.24, 2.45) is 0 Å². The summed E-state index contributed by atoms with van der Waals surface area (Å²) in [4.78, 5) is 47.8. The number of anilines is 1. The minimum Gasteiger partial charge on any atom is -0.450 e. The highest BCUT2D eigenvalue weighted by Gasteiger charge is 2.23. The lowest BCUT2D eigenvalue weighted by Crippen LogP contribution is -2.48. The Morgan fingerprint density at radius 3 is 2.55 bits per heavy atom. The number of rotatable bonds is 6. The predicted octanol–water partition coefficient (Wildman–Crippen LogP) is 2.96. The summed E-state index contributed by atoms with van der Waals surface area (Å²) in [5.74, 6) is -1.47. The van der Waals surface area contributed by atoms with E-state index in [1.807, 2.05) is 0 Å². The number of hydrogen-bond acceptors (Lipinski definition) is 6. The van der Waals surface area contributed by atoms with Gasteiger partial charge in [-0.3, -0.25) is 15.4 Å². The molecule has 0 aliphatic heterocycles. The monoisotopic (exact) mass is 405 g/mol. The summed E-state index contributed by atoms with van der Waals surface area (Å²) in [5.41, 5.74) is 0.493. The van der Waals surface area contributed by atoms with Gasteiger partial charge in [0.25, 0.3) is 5.91 Å². The molecule has 1 saturated carbocycles. The molecule has 158 valence electrons. The molecule has 1 aromatic rings. The first-order chi connectivity index (χ1) is 13.9. The molecule has 9 nitrogen and oxygen atoms in total. The normalized spacial score (nSPS) is 15.0. The third kappa shape index (κ3) is 7.44. The SMILES string of the molecule is CCOC(=O)Nc1cccc(C(=O)OC(C)C(=O)NC(=O)NC2CCCCC2)c1. The highest BCUT2D eigenvalue weighted by Crippen LogP contribution is 2.17. The Morgan fingerprint density at radius 1 is 1.14 bits per heavy atom. The second-order valence-corrected chi connectivity index (χ2v) is 6.77. The number of ether oxygens (including phenoxy) is 2. The molecule has 29 heavy (non-hydrogen) atoms. The van der Waals surface area contributed by atoms with Crippen LogP contribution in [-0.2, 0) is 14.3 Å². The third-order valence-corrected chi connectivity index (χ3v) is 4.45. The summed E-state index contributed by atoms with van der Waals surface area (Å²) in [6, 6.07) is 5.49. The maximum atomic E-state index is 12.3. The van der Waals surface area contributed by atoms with Crippen LogP contribution in [0.15, 0.2) is 24.3 Å². The maximum absolute atomic E-state index is 12.3. The highest BCUT2D eigenvalue weighted by atomic mass is 16.6. The van der Waals surface area contributed by atoms with Crippen LogP contribution >= 0.6 is 0 Å². The van der Waals surface area contributed by atoms with Crippen molar-refractivity contribution in [1.82, 2.24) is 10.6 Å². The Hall–Kier alpha value is -3.10. The molecule has 1 fully saturated rings. The van der Waals surface area contributed by atoms with Gasteiger partial charge in [0.2, 0.25) is 0 Å². The van der Waals surface area contributed by atoms with E-state index in [0.29, 0.717) is 5.69 Å². The van der Waals surface area contributed by atoms with Crippen LogP contribution in [0.1, 0.15) is 56.3 Å². The van der Waals surface area contributed by atoms with E-state index < -0.39 is 30.1 Å². The van der Waals surface area contributed by atoms with E-state index in [1.54, 1.807) is 19.1 Å². The zero-order valence-corrected chi connectivity index (χ0v) is 16.7. The zero-order valence-electron chi connectivity index (χ0n) is 16.7. The first kappa shape index (κ1) is 22.2. The van der Waals surface area contributed by atoms with Gasteiger partial charge < -0.3 is 14.8 Å². The molecule has 2 rings (SSSR count). The fraction of sp³-hybridized carbons (Fsp3) is 0.500. The van der Waals surface area contributed by atoms with E-state index in [9.17, 15) is 19.2 Å².